The van der Waals surface area contributed by atoms with Gasteiger partial charge in [0.05, 0.1) is 0 Å². The summed E-state index contributed by atoms with van der Waals surface area (Å²) in [5.74, 6) is 0. The normalized spacial score (nSPS) is 27.5. The third-order valence-electron chi connectivity index (χ3n) is 5.15. The van der Waals surface area contributed by atoms with E-state index in [1.807, 2.05) is 0 Å². The van der Waals surface area contributed by atoms with E-state index in [-0.39, 0.29) is 0 Å². The summed E-state index contributed by atoms with van der Waals surface area (Å²) in [6, 6.07) is 1.31. The van der Waals surface area contributed by atoms with Gasteiger partial charge in [-0.2, -0.15) is 0 Å². The Kier molecular flexibility index (Phi) is 5.25. The molecule has 0 aliphatic carbocycles. The van der Waals surface area contributed by atoms with E-state index in [2.05, 4.69) is 58.7 Å². The molecule has 0 radical (unpaired) electrons. The van der Waals surface area contributed by atoms with E-state index in [0.29, 0.717) is 23.0 Å². The minimum absolute atomic E-state index is 0.347. The second-order valence-electron chi connectivity index (χ2n) is 7.25. The molecule has 0 spiro atoms. The lowest BCUT2D eigenvalue weighted by molar-refractivity contribution is -0.00641. The third kappa shape index (κ3) is 3.27. The molecule has 1 aliphatic heterocycles. The Balaban J connectivity index is 2.89. The molecule has 0 aromatic rings. The molecule has 1 heterocycles. The Bertz CT molecular complexity index is 250. The van der Waals surface area contributed by atoms with Gasteiger partial charge in [-0.25, -0.2) is 0 Å². The van der Waals surface area contributed by atoms with Gasteiger partial charge >= 0.3 is 0 Å². The predicted molar refractivity (Wildman–Crippen MR) is 81.0 cm³/mol. The molecule has 0 bridgehead atoms. The van der Waals surface area contributed by atoms with E-state index in [1.165, 1.54) is 25.8 Å². The first-order valence-electron chi connectivity index (χ1n) is 7.78. The summed E-state index contributed by atoms with van der Waals surface area (Å²) >= 11 is 0. The highest BCUT2D eigenvalue weighted by molar-refractivity contribution is 4.97. The highest BCUT2D eigenvalue weighted by Gasteiger charge is 2.40. The molecule has 0 aromatic carbocycles. The number of nitrogens with one attached hydrogen (secondary N) is 1. The van der Waals surface area contributed by atoms with Crippen LogP contribution >= 0.6 is 0 Å². The summed E-state index contributed by atoms with van der Waals surface area (Å²) in [6.45, 7) is 18.8. The number of rotatable bonds is 4. The van der Waals surface area contributed by atoms with Crippen LogP contribution in [0.1, 0.15) is 67.7 Å². The monoisotopic (exact) mass is 254 g/mol. The van der Waals surface area contributed by atoms with Crippen molar-refractivity contribution in [1.82, 2.24) is 10.2 Å². The quantitative estimate of drug-likeness (QED) is 0.823. The highest BCUT2D eigenvalue weighted by atomic mass is 15.3. The van der Waals surface area contributed by atoms with Gasteiger partial charge in [-0.3, -0.25) is 4.90 Å². The van der Waals surface area contributed by atoms with Gasteiger partial charge in [0.15, 0.2) is 0 Å². The van der Waals surface area contributed by atoms with E-state index < -0.39 is 0 Å². The molecule has 2 heteroatoms. The Morgan fingerprint density at radius 3 is 2.00 bits per heavy atom. The highest BCUT2D eigenvalue weighted by Crippen LogP contribution is 2.32. The molecule has 0 saturated carbocycles. The third-order valence-corrected chi connectivity index (χ3v) is 5.15. The minimum atomic E-state index is 0.347. The largest absolute Gasteiger partial charge is 0.311 e. The fourth-order valence-electron chi connectivity index (χ4n) is 3.06. The summed E-state index contributed by atoms with van der Waals surface area (Å²) in [5, 5.41) is 3.77. The number of hydrogen-bond donors (Lipinski definition) is 1. The molecule has 0 amide bonds. The second kappa shape index (κ2) is 5.92. The lowest BCUT2D eigenvalue weighted by Crippen LogP contribution is -2.65. The lowest BCUT2D eigenvalue weighted by atomic mass is 9.81. The molecule has 0 aromatic heterocycles. The molecule has 1 aliphatic rings. The van der Waals surface area contributed by atoms with E-state index in [1.54, 1.807) is 0 Å². The topological polar surface area (TPSA) is 15.3 Å². The standard InChI is InChI=1S/C16H34N2/c1-8-13-11-17-14(15(4,5)6)12-18(13)16(7,9-2)10-3/h13-14,17H,8-12H2,1-7H3. The van der Waals surface area contributed by atoms with Crippen molar-refractivity contribution in [1.29, 1.82) is 0 Å². The van der Waals surface area contributed by atoms with Crippen molar-refractivity contribution < 1.29 is 0 Å². The molecule has 1 rings (SSSR count). The first kappa shape index (κ1) is 16.0. The maximum atomic E-state index is 3.77. The van der Waals surface area contributed by atoms with Crippen molar-refractivity contribution in [3.05, 3.63) is 0 Å². The van der Waals surface area contributed by atoms with Gasteiger partial charge in [-0.1, -0.05) is 41.5 Å². The van der Waals surface area contributed by atoms with Crippen LogP contribution in [-0.2, 0) is 0 Å². The Labute approximate surface area is 115 Å². The van der Waals surface area contributed by atoms with E-state index in [9.17, 15) is 0 Å². The van der Waals surface area contributed by atoms with Crippen LogP contribution in [-0.4, -0.2) is 35.6 Å². The van der Waals surface area contributed by atoms with Gasteiger partial charge < -0.3 is 5.32 Å². The SMILES string of the molecule is CCC1CNC(C(C)(C)C)CN1C(C)(CC)CC. The van der Waals surface area contributed by atoms with Gasteiger partial charge in [-0.05, 0) is 31.6 Å². The van der Waals surface area contributed by atoms with Crippen molar-refractivity contribution in [2.45, 2.75) is 85.4 Å². The zero-order valence-electron chi connectivity index (χ0n) is 13.6. The summed E-state index contributed by atoms with van der Waals surface area (Å²) < 4.78 is 0. The van der Waals surface area contributed by atoms with Crippen LogP contribution in [0.15, 0.2) is 0 Å². The van der Waals surface area contributed by atoms with Gasteiger partial charge in [0, 0.05) is 30.7 Å². The van der Waals surface area contributed by atoms with Gasteiger partial charge in [0.25, 0.3) is 0 Å². The summed E-state index contributed by atoms with van der Waals surface area (Å²) in [7, 11) is 0. The van der Waals surface area contributed by atoms with E-state index in [0.717, 1.165) is 6.54 Å². The Morgan fingerprint density at radius 2 is 1.61 bits per heavy atom. The maximum absolute atomic E-state index is 3.77. The fraction of sp³-hybridized carbons (Fsp3) is 1.00. The smallest absolute Gasteiger partial charge is 0.0244 e. The molecule has 2 unspecified atom stereocenters. The van der Waals surface area contributed by atoms with Crippen LogP contribution in [0.5, 0.6) is 0 Å². The molecule has 108 valence electrons. The molecule has 1 saturated heterocycles. The molecule has 1 N–H and O–H groups in total. The fourth-order valence-corrected chi connectivity index (χ4v) is 3.06. The van der Waals surface area contributed by atoms with Gasteiger partial charge in [0.1, 0.15) is 0 Å². The van der Waals surface area contributed by atoms with E-state index >= 15 is 0 Å². The number of nitrogens with zero attached hydrogens (tertiary/aromatic N) is 1. The van der Waals surface area contributed by atoms with Crippen LogP contribution in [0.25, 0.3) is 0 Å². The van der Waals surface area contributed by atoms with Gasteiger partial charge in [0.2, 0.25) is 0 Å². The van der Waals surface area contributed by atoms with Gasteiger partial charge in [-0.15, -0.1) is 0 Å². The number of piperazine rings is 1. The average Bonchev–Trinajstić information content (AvgIpc) is 2.36. The first-order chi connectivity index (χ1) is 8.28. The summed E-state index contributed by atoms with van der Waals surface area (Å²) in [6.07, 6.45) is 3.74. The van der Waals surface area contributed by atoms with Crippen molar-refractivity contribution in [2.75, 3.05) is 13.1 Å². The second-order valence-corrected chi connectivity index (χ2v) is 7.25. The van der Waals surface area contributed by atoms with Crippen molar-refractivity contribution in [3.8, 4) is 0 Å². The number of hydrogen-bond acceptors (Lipinski definition) is 2. The molecule has 2 atom stereocenters. The van der Waals surface area contributed by atoms with Crippen LogP contribution in [0, 0.1) is 5.41 Å². The Morgan fingerprint density at radius 1 is 1.06 bits per heavy atom. The maximum Gasteiger partial charge on any atom is 0.0244 e. The summed E-state index contributed by atoms with van der Waals surface area (Å²) in [4.78, 5) is 2.79. The zero-order chi connectivity index (χ0) is 14.0. The summed E-state index contributed by atoms with van der Waals surface area (Å²) in [5.41, 5.74) is 0.714. The van der Waals surface area contributed by atoms with E-state index in [4.69, 9.17) is 0 Å². The predicted octanol–water partition coefficient (Wildman–Crippen LogP) is 3.66. The van der Waals surface area contributed by atoms with Crippen molar-refractivity contribution >= 4 is 0 Å². The first-order valence-corrected chi connectivity index (χ1v) is 7.78. The molecule has 18 heavy (non-hydrogen) atoms. The van der Waals surface area contributed by atoms with Crippen LogP contribution in [0.4, 0.5) is 0 Å². The Hall–Kier alpha value is -0.0800. The zero-order valence-corrected chi connectivity index (χ0v) is 13.6. The van der Waals surface area contributed by atoms with Crippen molar-refractivity contribution in [2.24, 2.45) is 5.41 Å². The molecule has 1 fully saturated rings. The van der Waals surface area contributed by atoms with Crippen LogP contribution in [0.3, 0.4) is 0 Å². The molecule has 2 nitrogen and oxygen atoms in total. The van der Waals surface area contributed by atoms with Crippen LogP contribution < -0.4 is 5.32 Å². The lowest BCUT2D eigenvalue weighted by Gasteiger charge is -2.52. The minimum Gasteiger partial charge on any atom is -0.311 e. The molecular weight excluding hydrogens is 220 g/mol. The van der Waals surface area contributed by atoms with Crippen LogP contribution in [0.2, 0.25) is 0 Å². The van der Waals surface area contributed by atoms with Crippen molar-refractivity contribution in [3.63, 3.8) is 0 Å². The molecular formula is C16H34N2. The average molecular weight is 254 g/mol.